The van der Waals surface area contributed by atoms with Crippen molar-refractivity contribution in [3.63, 3.8) is 0 Å². The van der Waals surface area contributed by atoms with E-state index in [4.69, 9.17) is 0 Å². The molecule has 2 aromatic rings. The van der Waals surface area contributed by atoms with Gasteiger partial charge < -0.3 is 10.2 Å². The minimum Gasteiger partial charge on any atom is -0.341 e. The molecule has 1 saturated heterocycles. The van der Waals surface area contributed by atoms with Crippen LogP contribution in [0.1, 0.15) is 61.8 Å². The average molecular weight is 379 g/mol. The number of benzene rings is 2. The molecule has 3 rings (SSSR count). The standard InChI is InChI=1S/C24H30N2O2/c1-3-19-11-13-20(14-12-19)18(2)17-22(27)25-23(21-9-5-4-6-10-21)24(28)26-15-7-8-16-26/h4-6,9-14,18,23H,3,7-8,15-17H2,1-2H3,(H,25,27). The van der Waals surface area contributed by atoms with E-state index in [2.05, 4.69) is 43.4 Å². The molecule has 2 amide bonds. The second kappa shape index (κ2) is 9.54. The van der Waals surface area contributed by atoms with Gasteiger partial charge in [-0.15, -0.1) is 0 Å². The van der Waals surface area contributed by atoms with Crippen molar-refractivity contribution >= 4 is 11.8 Å². The summed E-state index contributed by atoms with van der Waals surface area (Å²) in [4.78, 5) is 27.7. The van der Waals surface area contributed by atoms with Gasteiger partial charge in [-0.25, -0.2) is 0 Å². The Balaban J connectivity index is 1.68. The topological polar surface area (TPSA) is 49.4 Å². The molecule has 0 radical (unpaired) electrons. The first-order chi connectivity index (χ1) is 13.6. The molecule has 4 heteroatoms. The average Bonchev–Trinajstić information content (AvgIpc) is 3.27. The number of amides is 2. The summed E-state index contributed by atoms with van der Waals surface area (Å²) in [5.74, 6) is 0.00897. The zero-order valence-electron chi connectivity index (χ0n) is 16.9. The van der Waals surface area contributed by atoms with Crippen LogP contribution in [0.5, 0.6) is 0 Å². The van der Waals surface area contributed by atoms with E-state index in [1.54, 1.807) is 0 Å². The summed E-state index contributed by atoms with van der Waals surface area (Å²) in [7, 11) is 0. The molecule has 1 heterocycles. The molecule has 0 aromatic heterocycles. The molecular formula is C24H30N2O2. The van der Waals surface area contributed by atoms with E-state index in [1.807, 2.05) is 35.2 Å². The van der Waals surface area contributed by atoms with Crippen LogP contribution in [0.3, 0.4) is 0 Å². The van der Waals surface area contributed by atoms with Gasteiger partial charge in [0.25, 0.3) is 0 Å². The Kier molecular flexibility index (Phi) is 6.85. The second-order valence-electron chi connectivity index (χ2n) is 7.64. The number of rotatable bonds is 7. The fourth-order valence-electron chi connectivity index (χ4n) is 3.75. The highest BCUT2D eigenvalue weighted by Gasteiger charge is 2.29. The Morgan fingerprint density at radius 1 is 0.964 bits per heavy atom. The van der Waals surface area contributed by atoms with Gasteiger partial charge in [-0.1, -0.05) is 68.4 Å². The van der Waals surface area contributed by atoms with E-state index >= 15 is 0 Å². The van der Waals surface area contributed by atoms with Gasteiger partial charge in [0.05, 0.1) is 0 Å². The molecular weight excluding hydrogens is 348 g/mol. The van der Waals surface area contributed by atoms with Crippen LogP contribution in [0.2, 0.25) is 0 Å². The summed E-state index contributed by atoms with van der Waals surface area (Å²) < 4.78 is 0. The first-order valence-corrected chi connectivity index (χ1v) is 10.3. The van der Waals surface area contributed by atoms with Crippen molar-refractivity contribution in [1.29, 1.82) is 0 Å². The minimum absolute atomic E-state index is 0.00278. The Hall–Kier alpha value is -2.62. The van der Waals surface area contributed by atoms with Crippen LogP contribution in [0.15, 0.2) is 54.6 Å². The van der Waals surface area contributed by atoms with Crippen LogP contribution < -0.4 is 5.32 Å². The molecule has 2 aromatic carbocycles. The lowest BCUT2D eigenvalue weighted by Crippen LogP contribution is -2.42. The molecule has 0 bridgehead atoms. The summed E-state index contributed by atoms with van der Waals surface area (Å²) in [6.45, 7) is 5.74. The second-order valence-corrected chi connectivity index (χ2v) is 7.64. The van der Waals surface area contributed by atoms with E-state index in [0.29, 0.717) is 6.42 Å². The number of likely N-dealkylation sites (tertiary alicyclic amines) is 1. The van der Waals surface area contributed by atoms with Crippen molar-refractivity contribution in [2.75, 3.05) is 13.1 Å². The largest absolute Gasteiger partial charge is 0.341 e. The van der Waals surface area contributed by atoms with Crippen molar-refractivity contribution in [3.8, 4) is 0 Å². The van der Waals surface area contributed by atoms with E-state index < -0.39 is 6.04 Å². The maximum atomic E-state index is 13.0. The predicted octanol–water partition coefficient (Wildman–Crippen LogP) is 4.22. The summed E-state index contributed by atoms with van der Waals surface area (Å²) in [5, 5.41) is 3.00. The molecule has 28 heavy (non-hydrogen) atoms. The van der Waals surface area contributed by atoms with Crippen LogP contribution in [-0.4, -0.2) is 29.8 Å². The Bertz CT molecular complexity index is 780. The van der Waals surface area contributed by atoms with E-state index in [0.717, 1.165) is 43.5 Å². The van der Waals surface area contributed by atoms with Gasteiger partial charge in [0.15, 0.2) is 0 Å². The lowest BCUT2D eigenvalue weighted by atomic mass is 9.95. The van der Waals surface area contributed by atoms with Gasteiger partial charge in [0, 0.05) is 19.5 Å². The number of nitrogens with one attached hydrogen (secondary N) is 1. The van der Waals surface area contributed by atoms with Crippen LogP contribution in [0, 0.1) is 0 Å². The molecule has 2 atom stereocenters. The zero-order chi connectivity index (χ0) is 19.9. The third kappa shape index (κ3) is 5.00. The summed E-state index contributed by atoms with van der Waals surface area (Å²) >= 11 is 0. The van der Waals surface area contributed by atoms with Gasteiger partial charge in [-0.05, 0) is 41.9 Å². The predicted molar refractivity (Wildman–Crippen MR) is 112 cm³/mol. The maximum Gasteiger partial charge on any atom is 0.249 e. The van der Waals surface area contributed by atoms with Gasteiger partial charge in [0.1, 0.15) is 6.04 Å². The first-order valence-electron chi connectivity index (χ1n) is 10.3. The molecule has 0 spiro atoms. The number of carbonyl (C=O) groups excluding carboxylic acids is 2. The Morgan fingerprint density at radius 2 is 1.61 bits per heavy atom. The van der Waals surface area contributed by atoms with Gasteiger partial charge in [0.2, 0.25) is 11.8 Å². The molecule has 4 nitrogen and oxygen atoms in total. The van der Waals surface area contributed by atoms with Crippen molar-refractivity contribution < 1.29 is 9.59 Å². The first kappa shape index (κ1) is 20.1. The molecule has 1 N–H and O–H groups in total. The Morgan fingerprint density at radius 3 is 2.21 bits per heavy atom. The molecule has 1 aliphatic rings. The van der Waals surface area contributed by atoms with Crippen molar-refractivity contribution in [1.82, 2.24) is 10.2 Å². The number of hydrogen-bond acceptors (Lipinski definition) is 2. The summed E-state index contributed by atoms with van der Waals surface area (Å²) in [6, 6.07) is 17.4. The Labute approximate surface area is 167 Å². The third-order valence-corrected chi connectivity index (χ3v) is 5.55. The van der Waals surface area contributed by atoms with E-state index in [9.17, 15) is 9.59 Å². The molecule has 0 saturated carbocycles. The van der Waals surface area contributed by atoms with Crippen molar-refractivity contribution in [2.24, 2.45) is 0 Å². The molecule has 1 fully saturated rings. The fraction of sp³-hybridized carbons (Fsp3) is 0.417. The van der Waals surface area contributed by atoms with Crippen LogP contribution in [0.25, 0.3) is 0 Å². The monoisotopic (exact) mass is 378 g/mol. The van der Waals surface area contributed by atoms with E-state index in [-0.39, 0.29) is 17.7 Å². The normalized spacial score (nSPS) is 15.9. The number of hydrogen-bond donors (Lipinski definition) is 1. The molecule has 1 aliphatic heterocycles. The van der Waals surface area contributed by atoms with Crippen LogP contribution in [0.4, 0.5) is 0 Å². The maximum absolute atomic E-state index is 13.0. The highest BCUT2D eigenvalue weighted by Crippen LogP contribution is 2.23. The lowest BCUT2D eigenvalue weighted by Gasteiger charge is -2.25. The lowest BCUT2D eigenvalue weighted by molar-refractivity contribution is -0.135. The van der Waals surface area contributed by atoms with Crippen LogP contribution in [-0.2, 0) is 16.0 Å². The van der Waals surface area contributed by atoms with Gasteiger partial charge in [-0.2, -0.15) is 0 Å². The molecule has 148 valence electrons. The quantitative estimate of drug-likeness (QED) is 0.784. The molecule has 2 unspecified atom stereocenters. The molecule has 0 aliphatic carbocycles. The third-order valence-electron chi connectivity index (χ3n) is 5.55. The van der Waals surface area contributed by atoms with E-state index in [1.165, 1.54) is 5.56 Å². The fourth-order valence-corrected chi connectivity index (χ4v) is 3.75. The summed E-state index contributed by atoms with van der Waals surface area (Å²) in [6.07, 6.45) is 3.44. The van der Waals surface area contributed by atoms with Gasteiger partial charge >= 0.3 is 0 Å². The number of carbonyl (C=O) groups is 2. The summed E-state index contributed by atoms with van der Waals surface area (Å²) in [5.41, 5.74) is 3.28. The van der Waals surface area contributed by atoms with Crippen LogP contribution >= 0.6 is 0 Å². The van der Waals surface area contributed by atoms with Crippen molar-refractivity contribution in [3.05, 3.63) is 71.3 Å². The smallest absolute Gasteiger partial charge is 0.249 e. The SMILES string of the molecule is CCc1ccc(C(C)CC(=O)NC(C(=O)N2CCCC2)c2ccccc2)cc1. The highest BCUT2D eigenvalue weighted by atomic mass is 16.2. The van der Waals surface area contributed by atoms with Crippen molar-refractivity contribution in [2.45, 2.75) is 51.5 Å². The minimum atomic E-state index is -0.610. The highest BCUT2D eigenvalue weighted by molar-refractivity contribution is 5.89. The zero-order valence-corrected chi connectivity index (χ0v) is 16.9. The number of nitrogens with zero attached hydrogens (tertiary/aromatic N) is 1. The number of aryl methyl sites for hydroxylation is 1. The van der Waals surface area contributed by atoms with Gasteiger partial charge in [-0.3, -0.25) is 9.59 Å².